The maximum atomic E-state index is 13.7. The Morgan fingerprint density at radius 1 is 1.11 bits per heavy atom. The van der Waals surface area contributed by atoms with Gasteiger partial charge < -0.3 is 14.8 Å². The van der Waals surface area contributed by atoms with E-state index < -0.39 is 35.8 Å². The Kier molecular flexibility index (Phi) is 4.86. The highest BCUT2D eigenvalue weighted by atomic mass is 32.1. The molecule has 0 aromatic heterocycles. The number of halogens is 3. The summed E-state index contributed by atoms with van der Waals surface area (Å²) >= 11 is 5.67. The Hall–Kier alpha value is -3.22. The van der Waals surface area contributed by atoms with Crippen LogP contribution in [0.1, 0.15) is 11.1 Å². The lowest BCUT2D eigenvalue weighted by Gasteiger charge is -2.34. The molecule has 182 valence electrons. The first-order valence-corrected chi connectivity index (χ1v) is 11.4. The Morgan fingerprint density at radius 3 is 2.71 bits per heavy atom. The van der Waals surface area contributed by atoms with Crippen molar-refractivity contribution >= 4 is 34.8 Å². The van der Waals surface area contributed by atoms with Crippen LogP contribution in [-0.2, 0) is 17.5 Å². The predicted molar refractivity (Wildman–Crippen MR) is 121 cm³/mol. The van der Waals surface area contributed by atoms with Crippen molar-refractivity contribution in [3.05, 3.63) is 53.6 Å². The van der Waals surface area contributed by atoms with Crippen LogP contribution in [0.2, 0.25) is 0 Å². The second-order valence-electron chi connectivity index (χ2n) is 9.05. The lowest BCUT2D eigenvalue weighted by Crippen LogP contribution is -2.63. The van der Waals surface area contributed by atoms with Gasteiger partial charge in [0.05, 0.1) is 24.3 Å². The van der Waals surface area contributed by atoms with E-state index in [1.165, 1.54) is 12.1 Å². The van der Waals surface area contributed by atoms with Crippen LogP contribution in [0.25, 0.3) is 0 Å². The van der Waals surface area contributed by atoms with Gasteiger partial charge in [-0.1, -0.05) is 24.4 Å². The van der Waals surface area contributed by atoms with Crippen LogP contribution < -0.4 is 19.7 Å². The van der Waals surface area contributed by atoms with Crippen LogP contribution in [0.15, 0.2) is 42.5 Å². The van der Waals surface area contributed by atoms with Crippen molar-refractivity contribution in [3.8, 4) is 11.5 Å². The van der Waals surface area contributed by atoms with Crippen molar-refractivity contribution in [1.29, 1.82) is 0 Å². The predicted octanol–water partition coefficient (Wildman–Crippen LogP) is 2.86. The minimum atomic E-state index is -4.59. The van der Waals surface area contributed by atoms with E-state index >= 15 is 0 Å². The van der Waals surface area contributed by atoms with Crippen molar-refractivity contribution in [1.82, 2.24) is 10.2 Å². The zero-order valence-corrected chi connectivity index (χ0v) is 19.1. The van der Waals surface area contributed by atoms with E-state index in [-0.39, 0.29) is 17.0 Å². The number of anilines is 1. The Morgan fingerprint density at radius 2 is 1.91 bits per heavy atom. The van der Waals surface area contributed by atoms with Gasteiger partial charge >= 0.3 is 12.2 Å². The first-order valence-electron chi connectivity index (χ1n) is 11.0. The number of nitrogens with one attached hydrogen (secondary N) is 1. The number of quaternary nitrogens is 1. The molecular formula is C23H20F3N4O4S+. The average Bonchev–Trinajstić information content (AvgIpc) is 3.58. The number of fused-ring (bicyclic) bond motifs is 2. The van der Waals surface area contributed by atoms with Crippen molar-refractivity contribution < 1.29 is 36.7 Å². The van der Waals surface area contributed by atoms with Gasteiger partial charge in [0.2, 0.25) is 6.79 Å². The Labute approximate surface area is 203 Å². The van der Waals surface area contributed by atoms with E-state index in [1.54, 1.807) is 0 Å². The molecule has 3 fully saturated rings. The van der Waals surface area contributed by atoms with Crippen LogP contribution >= 0.6 is 12.2 Å². The summed E-state index contributed by atoms with van der Waals surface area (Å²) in [5.74, 6) is 0.810. The van der Waals surface area contributed by atoms with Gasteiger partial charge in [-0.3, -0.25) is 4.79 Å². The second-order valence-corrected chi connectivity index (χ2v) is 9.49. The number of imide groups is 1. The quantitative estimate of drug-likeness (QED) is 0.389. The van der Waals surface area contributed by atoms with Crippen molar-refractivity contribution in [2.24, 2.45) is 0 Å². The number of carbonyl (C=O) groups excluding carboxylic acids is 2. The zero-order chi connectivity index (χ0) is 24.5. The van der Waals surface area contributed by atoms with Gasteiger partial charge in [0.25, 0.3) is 5.91 Å². The number of rotatable bonds is 4. The summed E-state index contributed by atoms with van der Waals surface area (Å²) in [5.41, 5.74) is -0.0858. The fourth-order valence-electron chi connectivity index (χ4n) is 5.46. The molecule has 0 saturated carbocycles. The molecule has 1 N–H and O–H groups in total. The smallest absolute Gasteiger partial charge is 0.433 e. The highest BCUT2D eigenvalue weighted by molar-refractivity contribution is 7.80. The molecule has 4 atom stereocenters. The largest absolute Gasteiger partial charge is 0.454 e. The molecule has 4 aliphatic rings. The van der Waals surface area contributed by atoms with Crippen molar-refractivity contribution in [2.75, 3.05) is 31.5 Å². The monoisotopic (exact) mass is 505 g/mol. The van der Waals surface area contributed by atoms with Crippen molar-refractivity contribution in [2.45, 2.75) is 24.8 Å². The number of alkyl halides is 3. The molecule has 3 amide bonds. The number of piperazine rings is 1. The number of amides is 3. The SMILES string of the molecule is O=C1C2CN3CC(C(=S)NCc4ccc5c(c4)OCO5)[N+]2(C3)C(=O)N1c1cccc(C(F)(F)F)c1. The molecule has 12 heteroatoms. The standard InChI is InChI=1S/C23H19F3N4O4S/c24-23(25,26)14-2-1-3-15(7-14)29-21(31)17-10-28-9-16(30(17,11-28)22(29)32)20(35)27-8-13-4-5-18-19(6-13)34-12-33-18/h1-7,16-17H,8-12H2/p+1. The molecule has 2 aromatic carbocycles. The van der Waals surface area contributed by atoms with Gasteiger partial charge in [-0.25, -0.2) is 14.2 Å². The maximum Gasteiger partial charge on any atom is 0.433 e. The number of ether oxygens (including phenoxy) is 2. The summed E-state index contributed by atoms with van der Waals surface area (Å²) in [6.45, 7) is 1.69. The Bertz CT molecular complexity index is 1270. The summed E-state index contributed by atoms with van der Waals surface area (Å²) < 4.78 is 50.3. The van der Waals surface area contributed by atoms with Gasteiger partial charge in [-0.05, 0) is 35.9 Å². The minimum absolute atomic E-state index is 0.0758. The Balaban J connectivity index is 1.25. The van der Waals surface area contributed by atoms with Crippen LogP contribution in [0.5, 0.6) is 11.5 Å². The number of urea groups is 1. The number of hydrogen-bond acceptors (Lipinski definition) is 6. The van der Waals surface area contributed by atoms with E-state index in [1.807, 2.05) is 23.1 Å². The van der Waals surface area contributed by atoms with Gasteiger partial charge in [0, 0.05) is 6.54 Å². The third-order valence-corrected chi connectivity index (χ3v) is 7.52. The molecular weight excluding hydrogens is 485 g/mol. The van der Waals surface area contributed by atoms with Gasteiger partial charge in [-0.15, -0.1) is 0 Å². The molecule has 6 rings (SSSR count). The summed E-state index contributed by atoms with van der Waals surface area (Å²) in [4.78, 5) is 30.3. The topological polar surface area (TPSA) is 71.1 Å². The van der Waals surface area contributed by atoms with Crippen LogP contribution in [0.3, 0.4) is 0 Å². The minimum Gasteiger partial charge on any atom is -0.454 e. The number of benzene rings is 2. The number of carbonyl (C=O) groups is 2. The fourth-order valence-corrected chi connectivity index (χ4v) is 5.79. The molecule has 2 aromatic rings. The average molecular weight is 505 g/mol. The zero-order valence-electron chi connectivity index (χ0n) is 18.2. The van der Waals surface area contributed by atoms with E-state index in [4.69, 9.17) is 21.7 Å². The molecule has 4 heterocycles. The van der Waals surface area contributed by atoms with Gasteiger partial charge in [0.1, 0.15) is 11.7 Å². The van der Waals surface area contributed by atoms with Gasteiger partial charge in [0.15, 0.2) is 23.6 Å². The molecule has 4 aliphatic heterocycles. The molecule has 8 nitrogen and oxygen atoms in total. The first kappa shape index (κ1) is 22.3. The lowest BCUT2D eigenvalue weighted by atomic mass is 10.1. The summed E-state index contributed by atoms with van der Waals surface area (Å²) in [6, 6.07) is 8.11. The molecule has 1 spiro atoms. The maximum absolute atomic E-state index is 13.7. The molecule has 0 radical (unpaired) electrons. The van der Waals surface area contributed by atoms with Crippen molar-refractivity contribution in [3.63, 3.8) is 0 Å². The number of nitrogens with zero attached hydrogens (tertiary/aromatic N) is 3. The highest BCUT2D eigenvalue weighted by Crippen LogP contribution is 2.44. The highest BCUT2D eigenvalue weighted by Gasteiger charge is 2.72. The summed E-state index contributed by atoms with van der Waals surface area (Å²) in [6.07, 6.45) is -4.59. The summed E-state index contributed by atoms with van der Waals surface area (Å²) in [7, 11) is 0. The lowest BCUT2D eigenvalue weighted by molar-refractivity contribution is -0.851. The van der Waals surface area contributed by atoms with E-state index in [2.05, 4.69) is 5.32 Å². The first-order chi connectivity index (χ1) is 16.7. The van der Waals surface area contributed by atoms with Gasteiger partial charge in [-0.2, -0.15) is 18.1 Å². The number of thiocarbonyl (C=S) groups is 1. The molecule has 3 saturated heterocycles. The summed E-state index contributed by atoms with van der Waals surface area (Å²) in [5, 5.41) is 3.21. The number of hydrogen-bond donors (Lipinski definition) is 1. The fraction of sp³-hybridized carbons (Fsp3) is 0.348. The van der Waals surface area contributed by atoms with Crippen LogP contribution in [-0.4, -0.2) is 64.9 Å². The molecule has 2 bridgehead atoms. The molecule has 4 unspecified atom stereocenters. The second kappa shape index (κ2) is 7.64. The van der Waals surface area contributed by atoms with E-state index in [0.29, 0.717) is 42.8 Å². The third-order valence-electron chi connectivity index (χ3n) is 7.10. The molecule has 0 aliphatic carbocycles. The molecule has 35 heavy (non-hydrogen) atoms. The normalized spacial score (nSPS) is 28.5. The van der Waals surface area contributed by atoms with E-state index in [9.17, 15) is 22.8 Å². The van der Waals surface area contributed by atoms with Crippen LogP contribution in [0.4, 0.5) is 23.7 Å². The van der Waals surface area contributed by atoms with E-state index in [0.717, 1.165) is 22.6 Å². The van der Waals surface area contributed by atoms with Crippen LogP contribution in [0, 0.1) is 0 Å². The third kappa shape index (κ3) is 3.31.